The summed E-state index contributed by atoms with van der Waals surface area (Å²) in [4.78, 5) is 19.8. The van der Waals surface area contributed by atoms with Gasteiger partial charge in [0.15, 0.2) is 0 Å². The lowest BCUT2D eigenvalue weighted by Gasteiger charge is -2.25. The van der Waals surface area contributed by atoms with Crippen molar-refractivity contribution in [1.82, 2.24) is 30.3 Å². The molecule has 1 aromatic carbocycles. The Kier molecular flexibility index (Phi) is 7.48. The van der Waals surface area contributed by atoms with Gasteiger partial charge in [0.2, 0.25) is 0 Å². The van der Waals surface area contributed by atoms with Gasteiger partial charge in [0, 0.05) is 48.7 Å². The van der Waals surface area contributed by atoms with E-state index in [0.29, 0.717) is 21.7 Å². The smallest absolute Gasteiger partial charge is 0.255 e. The summed E-state index contributed by atoms with van der Waals surface area (Å²) in [6, 6.07) is 8.11. The van der Waals surface area contributed by atoms with Crippen LogP contribution in [0.1, 0.15) is 54.2 Å². The standard InChI is InChI=1S/C26H31Cl2N7O/c1-16(17-2-3-23(27)24(28)11-17)34-9-6-20(15-34)33-26(36)22-10-18(12-31-25(22)29)19-13-32-35(14-19)21-4-7-30-8-5-21/h2-3,10-14,16,20-21,30H,4-9,15H2,1H3,(H2,29,31)(H,33,36)/t16?,20-/m1/s1. The highest BCUT2D eigenvalue weighted by molar-refractivity contribution is 6.42. The molecule has 1 amide bonds. The second kappa shape index (κ2) is 10.8. The number of hydrogen-bond donors (Lipinski definition) is 3. The number of nitrogens with zero attached hydrogens (tertiary/aromatic N) is 4. The van der Waals surface area contributed by atoms with Crippen LogP contribution >= 0.6 is 23.2 Å². The Balaban J connectivity index is 1.24. The molecule has 0 aliphatic carbocycles. The first-order valence-electron chi connectivity index (χ1n) is 12.4. The molecule has 2 aliphatic rings. The highest BCUT2D eigenvalue weighted by Gasteiger charge is 2.29. The molecule has 4 heterocycles. The lowest BCUT2D eigenvalue weighted by molar-refractivity contribution is 0.0937. The van der Waals surface area contributed by atoms with E-state index in [1.807, 2.05) is 41.3 Å². The molecular formula is C26H31Cl2N7O. The van der Waals surface area contributed by atoms with Crippen LogP contribution in [0.2, 0.25) is 10.0 Å². The zero-order valence-electron chi connectivity index (χ0n) is 20.3. The molecule has 2 aliphatic heterocycles. The van der Waals surface area contributed by atoms with Gasteiger partial charge in [0.1, 0.15) is 5.82 Å². The van der Waals surface area contributed by atoms with E-state index in [-0.39, 0.29) is 23.8 Å². The molecule has 36 heavy (non-hydrogen) atoms. The van der Waals surface area contributed by atoms with Crippen LogP contribution in [-0.2, 0) is 0 Å². The molecule has 0 spiro atoms. The molecule has 0 bridgehead atoms. The van der Waals surface area contributed by atoms with Crippen molar-refractivity contribution in [3.05, 3.63) is 64.0 Å². The van der Waals surface area contributed by atoms with Gasteiger partial charge in [-0.25, -0.2) is 4.98 Å². The normalized spacial score (nSPS) is 19.9. The predicted octanol–water partition coefficient (Wildman–Crippen LogP) is 4.32. The number of carbonyl (C=O) groups is 1. The van der Waals surface area contributed by atoms with Gasteiger partial charge in [-0.15, -0.1) is 0 Å². The third kappa shape index (κ3) is 5.37. The topological polar surface area (TPSA) is 101 Å². The van der Waals surface area contributed by atoms with Crippen molar-refractivity contribution in [1.29, 1.82) is 0 Å². The van der Waals surface area contributed by atoms with Gasteiger partial charge >= 0.3 is 0 Å². The number of nitrogens with two attached hydrogens (primary N) is 1. The first-order chi connectivity index (χ1) is 17.4. The zero-order valence-corrected chi connectivity index (χ0v) is 21.8. The fourth-order valence-electron chi connectivity index (χ4n) is 5.08. The summed E-state index contributed by atoms with van der Waals surface area (Å²) < 4.78 is 2.02. The molecule has 1 unspecified atom stereocenters. The molecule has 0 radical (unpaired) electrons. The predicted molar refractivity (Wildman–Crippen MR) is 143 cm³/mol. The number of piperidine rings is 1. The van der Waals surface area contributed by atoms with Gasteiger partial charge in [0.25, 0.3) is 5.91 Å². The van der Waals surface area contributed by atoms with Crippen molar-refractivity contribution < 1.29 is 4.79 Å². The maximum Gasteiger partial charge on any atom is 0.255 e. The first kappa shape index (κ1) is 25.0. The van der Waals surface area contributed by atoms with Gasteiger partial charge in [-0.2, -0.15) is 5.10 Å². The van der Waals surface area contributed by atoms with E-state index in [2.05, 4.69) is 32.5 Å². The second-order valence-electron chi connectivity index (χ2n) is 9.65. The van der Waals surface area contributed by atoms with Crippen molar-refractivity contribution in [2.75, 3.05) is 31.9 Å². The number of halogens is 2. The van der Waals surface area contributed by atoms with E-state index in [9.17, 15) is 4.79 Å². The molecule has 2 saturated heterocycles. The van der Waals surface area contributed by atoms with Crippen LogP contribution in [0.5, 0.6) is 0 Å². The summed E-state index contributed by atoms with van der Waals surface area (Å²) in [6.07, 6.45) is 8.52. The number of likely N-dealkylation sites (tertiary alicyclic amines) is 1. The quantitative estimate of drug-likeness (QED) is 0.441. The van der Waals surface area contributed by atoms with Crippen LogP contribution < -0.4 is 16.4 Å². The monoisotopic (exact) mass is 527 g/mol. The number of aromatic nitrogens is 3. The summed E-state index contributed by atoms with van der Waals surface area (Å²) in [7, 11) is 0. The third-order valence-electron chi connectivity index (χ3n) is 7.31. The molecule has 3 aromatic rings. The lowest BCUT2D eigenvalue weighted by atomic mass is 10.1. The number of amides is 1. The number of nitrogen functional groups attached to an aromatic ring is 1. The Hall–Kier alpha value is -2.65. The Morgan fingerprint density at radius 1 is 1.14 bits per heavy atom. The van der Waals surface area contributed by atoms with E-state index in [1.165, 1.54) is 0 Å². The van der Waals surface area contributed by atoms with Crippen molar-refractivity contribution in [3.63, 3.8) is 0 Å². The molecule has 5 rings (SSSR count). The van der Waals surface area contributed by atoms with Crippen LogP contribution in [0.4, 0.5) is 5.82 Å². The molecule has 2 atom stereocenters. The lowest BCUT2D eigenvalue weighted by Crippen LogP contribution is -2.38. The number of nitrogens with one attached hydrogen (secondary N) is 2. The van der Waals surface area contributed by atoms with Crippen LogP contribution in [-0.4, -0.2) is 57.8 Å². The van der Waals surface area contributed by atoms with Gasteiger partial charge in [-0.05, 0) is 63.0 Å². The van der Waals surface area contributed by atoms with E-state index >= 15 is 0 Å². The van der Waals surface area contributed by atoms with Crippen LogP contribution in [0.25, 0.3) is 11.1 Å². The highest BCUT2D eigenvalue weighted by atomic mass is 35.5. The van der Waals surface area contributed by atoms with Crippen molar-refractivity contribution in [3.8, 4) is 11.1 Å². The van der Waals surface area contributed by atoms with E-state index < -0.39 is 0 Å². The third-order valence-corrected chi connectivity index (χ3v) is 8.05. The van der Waals surface area contributed by atoms with Crippen molar-refractivity contribution >= 4 is 34.9 Å². The molecule has 2 aromatic heterocycles. The fourth-order valence-corrected chi connectivity index (χ4v) is 5.38. The Morgan fingerprint density at radius 2 is 1.94 bits per heavy atom. The summed E-state index contributed by atoms with van der Waals surface area (Å²) in [5.74, 6) is 0.0164. The Labute approximate surface area is 221 Å². The Bertz CT molecular complexity index is 1240. The number of hydrogen-bond acceptors (Lipinski definition) is 6. The summed E-state index contributed by atoms with van der Waals surface area (Å²) in [6.45, 7) is 5.75. The largest absolute Gasteiger partial charge is 0.383 e. The summed E-state index contributed by atoms with van der Waals surface area (Å²) >= 11 is 12.3. The van der Waals surface area contributed by atoms with Gasteiger partial charge in [-0.1, -0.05) is 29.3 Å². The van der Waals surface area contributed by atoms with Gasteiger partial charge < -0.3 is 16.4 Å². The minimum absolute atomic E-state index is 0.0217. The number of rotatable bonds is 6. The highest BCUT2D eigenvalue weighted by Crippen LogP contribution is 2.30. The average molecular weight is 528 g/mol. The molecule has 190 valence electrons. The average Bonchev–Trinajstić information content (AvgIpc) is 3.56. The number of anilines is 1. The van der Waals surface area contributed by atoms with Gasteiger partial charge in [0.05, 0.1) is 27.8 Å². The minimum Gasteiger partial charge on any atom is -0.383 e. The first-order valence-corrected chi connectivity index (χ1v) is 13.1. The van der Waals surface area contributed by atoms with E-state index in [1.54, 1.807) is 6.20 Å². The van der Waals surface area contributed by atoms with E-state index in [0.717, 1.165) is 62.1 Å². The van der Waals surface area contributed by atoms with Crippen LogP contribution in [0.15, 0.2) is 42.9 Å². The van der Waals surface area contributed by atoms with Crippen molar-refractivity contribution in [2.45, 2.75) is 44.3 Å². The van der Waals surface area contributed by atoms with Gasteiger partial charge in [-0.3, -0.25) is 14.4 Å². The van der Waals surface area contributed by atoms with Crippen LogP contribution in [0, 0.1) is 0 Å². The molecule has 0 saturated carbocycles. The van der Waals surface area contributed by atoms with E-state index in [4.69, 9.17) is 28.9 Å². The van der Waals surface area contributed by atoms with Crippen molar-refractivity contribution in [2.24, 2.45) is 0 Å². The number of pyridine rings is 1. The maximum atomic E-state index is 13.2. The Morgan fingerprint density at radius 3 is 2.72 bits per heavy atom. The number of carbonyl (C=O) groups excluding carboxylic acids is 1. The molecule has 8 nitrogen and oxygen atoms in total. The second-order valence-corrected chi connectivity index (χ2v) is 10.5. The molecule has 2 fully saturated rings. The molecule has 10 heteroatoms. The summed E-state index contributed by atoms with van der Waals surface area (Å²) in [5, 5.41) is 12.2. The van der Waals surface area contributed by atoms with Crippen LogP contribution in [0.3, 0.4) is 0 Å². The summed E-state index contributed by atoms with van der Waals surface area (Å²) in [5.41, 5.74) is 9.35. The SMILES string of the molecule is CC(c1ccc(Cl)c(Cl)c1)N1CC[C@@H](NC(=O)c2cc(-c3cnn(C4CCNCC4)c3)cnc2N)C1. The number of benzene rings is 1. The maximum absolute atomic E-state index is 13.2. The minimum atomic E-state index is -0.207. The fraction of sp³-hybridized carbons (Fsp3) is 0.423. The zero-order chi connectivity index (χ0) is 25.2. The molecule has 4 N–H and O–H groups in total. The molecular weight excluding hydrogens is 497 g/mol.